The van der Waals surface area contributed by atoms with E-state index in [-0.39, 0.29) is 23.0 Å². The van der Waals surface area contributed by atoms with Gasteiger partial charge in [0.25, 0.3) is 0 Å². The summed E-state index contributed by atoms with van der Waals surface area (Å²) in [5, 5.41) is 9.14. The van der Waals surface area contributed by atoms with E-state index in [1.165, 1.54) is 24.5 Å². The van der Waals surface area contributed by atoms with Gasteiger partial charge in [-0.05, 0) is 18.6 Å². The Labute approximate surface area is 125 Å². The van der Waals surface area contributed by atoms with E-state index in [9.17, 15) is 9.18 Å². The van der Waals surface area contributed by atoms with Crippen molar-refractivity contribution in [1.82, 2.24) is 0 Å². The Balaban J connectivity index is 2.20. The maximum Gasteiger partial charge on any atom is 0.349 e. The van der Waals surface area contributed by atoms with Crippen LogP contribution in [0, 0.1) is 5.82 Å². The number of ether oxygens (including phenoxy) is 2. The Kier molecular flexibility index (Phi) is 4.80. The van der Waals surface area contributed by atoms with Crippen LogP contribution in [0.3, 0.4) is 0 Å². The molecule has 1 N–H and O–H groups in total. The first-order valence-electron chi connectivity index (χ1n) is 6.37. The summed E-state index contributed by atoms with van der Waals surface area (Å²) >= 11 is 1.17. The van der Waals surface area contributed by atoms with Crippen molar-refractivity contribution >= 4 is 17.3 Å². The van der Waals surface area contributed by atoms with Crippen LogP contribution < -0.4 is 9.47 Å². The van der Waals surface area contributed by atoms with Crippen molar-refractivity contribution in [3.8, 4) is 11.5 Å². The van der Waals surface area contributed by atoms with Crippen LogP contribution >= 0.6 is 11.3 Å². The van der Waals surface area contributed by atoms with Gasteiger partial charge in [-0.3, -0.25) is 0 Å². The lowest BCUT2D eigenvalue weighted by Gasteiger charge is -2.09. The van der Waals surface area contributed by atoms with E-state index in [0.717, 1.165) is 11.3 Å². The van der Waals surface area contributed by atoms with Crippen molar-refractivity contribution in [2.75, 3.05) is 7.11 Å². The molecule has 0 fully saturated rings. The van der Waals surface area contributed by atoms with E-state index in [4.69, 9.17) is 14.6 Å². The third-order valence-corrected chi connectivity index (χ3v) is 4.19. The van der Waals surface area contributed by atoms with Crippen LogP contribution in [0.2, 0.25) is 0 Å². The molecule has 112 valence electrons. The molecule has 1 aromatic carbocycles. The zero-order valence-corrected chi connectivity index (χ0v) is 12.5. The second-order valence-corrected chi connectivity index (χ2v) is 5.42. The number of carboxylic acid groups (broad SMARTS) is 1. The highest BCUT2D eigenvalue weighted by atomic mass is 32.1. The zero-order valence-electron chi connectivity index (χ0n) is 11.7. The lowest BCUT2D eigenvalue weighted by Crippen LogP contribution is -2.02. The number of halogens is 1. The number of aromatic carboxylic acids is 1. The standard InChI is InChI=1S/C15H15FO4S/c1-3-10-7-12(14(21-10)15(17)18)20-8-9-5-4-6-11(19-2)13(9)16/h4-7H,3,8H2,1-2H3,(H,17,18). The molecular formula is C15H15FO4S. The molecule has 0 saturated carbocycles. The molecule has 0 bridgehead atoms. The van der Waals surface area contributed by atoms with Gasteiger partial charge in [-0.1, -0.05) is 19.1 Å². The summed E-state index contributed by atoms with van der Waals surface area (Å²) in [6, 6.07) is 6.43. The fourth-order valence-electron chi connectivity index (χ4n) is 1.83. The molecule has 1 heterocycles. The Bertz CT molecular complexity index is 651. The van der Waals surface area contributed by atoms with Gasteiger partial charge in [0.2, 0.25) is 0 Å². The number of thiophene rings is 1. The summed E-state index contributed by atoms with van der Waals surface area (Å²) in [5.41, 5.74) is 0.315. The van der Waals surface area contributed by atoms with E-state index in [0.29, 0.717) is 5.56 Å². The van der Waals surface area contributed by atoms with Gasteiger partial charge in [0.05, 0.1) is 7.11 Å². The molecule has 0 unspecified atom stereocenters. The first-order chi connectivity index (χ1) is 10.1. The molecule has 0 atom stereocenters. The lowest BCUT2D eigenvalue weighted by molar-refractivity contribution is 0.0697. The number of methoxy groups -OCH3 is 1. The molecule has 4 nitrogen and oxygen atoms in total. The van der Waals surface area contributed by atoms with Gasteiger partial charge in [0.1, 0.15) is 12.4 Å². The molecule has 6 heteroatoms. The molecule has 0 aliphatic carbocycles. The van der Waals surface area contributed by atoms with Gasteiger partial charge >= 0.3 is 5.97 Å². The molecule has 21 heavy (non-hydrogen) atoms. The lowest BCUT2D eigenvalue weighted by atomic mass is 10.2. The Morgan fingerprint density at radius 3 is 2.76 bits per heavy atom. The Morgan fingerprint density at radius 1 is 1.38 bits per heavy atom. The van der Waals surface area contributed by atoms with Gasteiger partial charge in [0.15, 0.2) is 16.4 Å². The highest BCUT2D eigenvalue weighted by Gasteiger charge is 2.17. The molecule has 2 rings (SSSR count). The van der Waals surface area contributed by atoms with Crippen molar-refractivity contribution in [3.63, 3.8) is 0 Å². The number of benzene rings is 1. The SMILES string of the molecule is CCc1cc(OCc2cccc(OC)c2F)c(C(=O)O)s1. The van der Waals surface area contributed by atoms with Gasteiger partial charge in [-0.2, -0.15) is 0 Å². The van der Waals surface area contributed by atoms with E-state index in [1.807, 2.05) is 6.92 Å². The first-order valence-corrected chi connectivity index (χ1v) is 7.18. The van der Waals surface area contributed by atoms with Crippen LogP contribution in [-0.2, 0) is 13.0 Å². The zero-order chi connectivity index (χ0) is 15.4. The summed E-state index contributed by atoms with van der Waals surface area (Å²) in [5.74, 6) is -1.13. The van der Waals surface area contributed by atoms with Crippen LogP contribution in [-0.4, -0.2) is 18.2 Å². The van der Waals surface area contributed by atoms with Crippen LogP contribution in [0.25, 0.3) is 0 Å². The number of rotatable bonds is 6. The van der Waals surface area contributed by atoms with Crippen LogP contribution in [0.4, 0.5) is 4.39 Å². The maximum absolute atomic E-state index is 14.0. The third kappa shape index (κ3) is 3.33. The van der Waals surface area contributed by atoms with Gasteiger partial charge in [-0.15, -0.1) is 11.3 Å². The highest BCUT2D eigenvalue weighted by Crippen LogP contribution is 2.31. The van der Waals surface area contributed by atoms with Gasteiger partial charge in [-0.25, -0.2) is 9.18 Å². The van der Waals surface area contributed by atoms with Crippen LogP contribution in [0.1, 0.15) is 27.0 Å². The smallest absolute Gasteiger partial charge is 0.349 e. The summed E-state index contributed by atoms with van der Waals surface area (Å²) in [6.45, 7) is 1.88. The van der Waals surface area contributed by atoms with Gasteiger partial charge in [0, 0.05) is 10.4 Å². The van der Waals surface area contributed by atoms with E-state index < -0.39 is 11.8 Å². The highest BCUT2D eigenvalue weighted by molar-refractivity contribution is 7.14. The number of carbonyl (C=O) groups is 1. The average molecular weight is 310 g/mol. The molecule has 1 aromatic heterocycles. The fraction of sp³-hybridized carbons (Fsp3) is 0.267. The molecule has 2 aromatic rings. The van der Waals surface area contributed by atoms with E-state index >= 15 is 0 Å². The molecule has 0 radical (unpaired) electrons. The normalized spacial score (nSPS) is 10.4. The minimum atomic E-state index is -1.04. The van der Waals surface area contributed by atoms with Crippen molar-refractivity contribution in [3.05, 3.63) is 45.4 Å². The number of carboxylic acids is 1. The third-order valence-electron chi connectivity index (χ3n) is 2.94. The molecule has 0 amide bonds. The molecule has 0 aliphatic rings. The van der Waals surface area contributed by atoms with E-state index in [1.54, 1.807) is 18.2 Å². The quantitative estimate of drug-likeness (QED) is 0.883. The Morgan fingerprint density at radius 2 is 2.14 bits per heavy atom. The monoisotopic (exact) mass is 310 g/mol. The minimum absolute atomic E-state index is 0.0524. The van der Waals surface area contributed by atoms with Gasteiger partial charge < -0.3 is 14.6 Å². The summed E-state index contributed by atoms with van der Waals surface area (Å²) < 4.78 is 24.4. The number of aryl methyl sites for hydroxylation is 1. The summed E-state index contributed by atoms with van der Waals surface area (Å²) in [6.07, 6.45) is 0.724. The molecular weight excluding hydrogens is 295 g/mol. The predicted molar refractivity (Wildman–Crippen MR) is 77.9 cm³/mol. The van der Waals surface area contributed by atoms with Crippen molar-refractivity contribution in [2.24, 2.45) is 0 Å². The van der Waals surface area contributed by atoms with Crippen LogP contribution in [0.15, 0.2) is 24.3 Å². The van der Waals surface area contributed by atoms with Crippen LogP contribution in [0.5, 0.6) is 11.5 Å². The second-order valence-electron chi connectivity index (χ2n) is 4.29. The molecule has 0 saturated heterocycles. The number of hydrogen-bond donors (Lipinski definition) is 1. The van der Waals surface area contributed by atoms with Crippen molar-refractivity contribution in [2.45, 2.75) is 20.0 Å². The molecule has 0 spiro atoms. The summed E-state index contributed by atoms with van der Waals surface area (Å²) in [7, 11) is 1.39. The van der Waals surface area contributed by atoms with Crippen molar-refractivity contribution in [1.29, 1.82) is 0 Å². The summed E-state index contributed by atoms with van der Waals surface area (Å²) in [4.78, 5) is 12.2. The largest absolute Gasteiger partial charge is 0.494 e. The fourth-order valence-corrected chi connectivity index (χ4v) is 2.71. The van der Waals surface area contributed by atoms with E-state index in [2.05, 4.69) is 0 Å². The Hall–Kier alpha value is -2.08. The first kappa shape index (κ1) is 15.3. The molecule has 0 aliphatic heterocycles. The minimum Gasteiger partial charge on any atom is -0.494 e. The topological polar surface area (TPSA) is 55.8 Å². The maximum atomic E-state index is 14.0. The average Bonchev–Trinajstić information content (AvgIpc) is 2.90. The van der Waals surface area contributed by atoms with Crippen molar-refractivity contribution < 1.29 is 23.8 Å². The predicted octanol–water partition coefficient (Wildman–Crippen LogP) is 3.74. The number of hydrogen-bond acceptors (Lipinski definition) is 4. The second kappa shape index (κ2) is 6.58.